The number of methoxy groups -OCH3 is 1. The Hall–Kier alpha value is 0.230. The third kappa shape index (κ3) is 8.81. The minimum absolute atomic E-state index is 0.296. The van der Waals surface area contributed by atoms with E-state index < -0.39 is 0 Å². The summed E-state index contributed by atoms with van der Waals surface area (Å²) in [6, 6.07) is 0.448. The van der Waals surface area contributed by atoms with Crippen LogP contribution in [0.3, 0.4) is 0 Å². The first kappa shape index (κ1) is 14.2. The van der Waals surface area contributed by atoms with E-state index in [9.17, 15) is 0 Å². The standard InChI is InChI=1S/C10H23NO2S/c1-3-5-11-10(8-13-2)9-14-7-4-6-12/h10-12H,3-9H2,1-2H3. The molecule has 0 aromatic carbocycles. The van der Waals surface area contributed by atoms with Crippen LogP contribution in [0.4, 0.5) is 0 Å². The molecule has 4 heteroatoms. The first-order valence-corrected chi connectivity index (χ1v) is 6.41. The molecule has 0 saturated carbocycles. The van der Waals surface area contributed by atoms with E-state index in [1.807, 2.05) is 11.8 Å². The fraction of sp³-hybridized carbons (Fsp3) is 1.00. The van der Waals surface area contributed by atoms with Gasteiger partial charge in [0.05, 0.1) is 6.61 Å². The van der Waals surface area contributed by atoms with Gasteiger partial charge in [-0.25, -0.2) is 0 Å². The SMILES string of the molecule is CCCNC(COC)CSCCCO. The Balaban J connectivity index is 3.40. The molecule has 0 aliphatic carbocycles. The fourth-order valence-corrected chi connectivity index (χ4v) is 2.11. The molecule has 14 heavy (non-hydrogen) atoms. The largest absolute Gasteiger partial charge is 0.396 e. The van der Waals surface area contributed by atoms with Crippen molar-refractivity contribution in [3.63, 3.8) is 0 Å². The van der Waals surface area contributed by atoms with Gasteiger partial charge in [0, 0.05) is 25.5 Å². The molecule has 0 aliphatic rings. The van der Waals surface area contributed by atoms with Gasteiger partial charge in [0.1, 0.15) is 0 Å². The van der Waals surface area contributed by atoms with Crippen LogP contribution in [0.25, 0.3) is 0 Å². The van der Waals surface area contributed by atoms with E-state index in [-0.39, 0.29) is 0 Å². The maximum absolute atomic E-state index is 8.62. The third-order valence-corrected chi connectivity index (χ3v) is 3.03. The predicted molar refractivity (Wildman–Crippen MR) is 63.0 cm³/mol. The lowest BCUT2D eigenvalue weighted by Crippen LogP contribution is -2.36. The first-order chi connectivity index (χ1) is 6.85. The molecule has 0 aromatic heterocycles. The number of thioether (sulfide) groups is 1. The van der Waals surface area contributed by atoms with Crippen molar-refractivity contribution in [3.8, 4) is 0 Å². The van der Waals surface area contributed by atoms with Gasteiger partial charge in [-0.15, -0.1) is 0 Å². The summed E-state index contributed by atoms with van der Waals surface area (Å²) in [4.78, 5) is 0. The minimum Gasteiger partial charge on any atom is -0.396 e. The summed E-state index contributed by atoms with van der Waals surface area (Å²) in [7, 11) is 1.74. The molecular weight excluding hydrogens is 198 g/mol. The second kappa shape index (κ2) is 11.3. The number of hydrogen-bond donors (Lipinski definition) is 2. The Morgan fingerprint density at radius 3 is 2.86 bits per heavy atom. The van der Waals surface area contributed by atoms with Crippen molar-refractivity contribution in [1.82, 2.24) is 5.32 Å². The highest BCUT2D eigenvalue weighted by Crippen LogP contribution is 2.05. The molecule has 0 rings (SSSR count). The number of nitrogens with one attached hydrogen (secondary N) is 1. The zero-order chi connectivity index (χ0) is 10.6. The second-order valence-corrected chi connectivity index (χ2v) is 4.41. The van der Waals surface area contributed by atoms with E-state index in [1.54, 1.807) is 7.11 Å². The van der Waals surface area contributed by atoms with Crippen LogP contribution in [-0.2, 0) is 4.74 Å². The quantitative estimate of drug-likeness (QED) is 0.542. The zero-order valence-electron chi connectivity index (χ0n) is 9.29. The smallest absolute Gasteiger partial charge is 0.0623 e. The van der Waals surface area contributed by atoms with Crippen LogP contribution in [0.1, 0.15) is 19.8 Å². The van der Waals surface area contributed by atoms with E-state index in [4.69, 9.17) is 9.84 Å². The molecule has 0 spiro atoms. The molecule has 0 aliphatic heterocycles. The van der Waals surface area contributed by atoms with Gasteiger partial charge in [0.25, 0.3) is 0 Å². The van der Waals surface area contributed by atoms with Crippen LogP contribution in [0, 0.1) is 0 Å². The molecule has 1 unspecified atom stereocenters. The minimum atomic E-state index is 0.296. The van der Waals surface area contributed by atoms with E-state index >= 15 is 0 Å². The molecule has 0 heterocycles. The summed E-state index contributed by atoms with van der Waals surface area (Å²) >= 11 is 1.87. The van der Waals surface area contributed by atoms with Gasteiger partial charge in [-0.3, -0.25) is 0 Å². The Morgan fingerprint density at radius 2 is 2.29 bits per heavy atom. The number of hydrogen-bond acceptors (Lipinski definition) is 4. The monoisotopic (exact) mass is 221 g/mol. The van der Waals surface area contributed by atoms with Gasteiger partial charge in [-0.2, -0.15) is 11.8 Å². The van der Waals surface area contributed by atoms with E-state index in [1.165, 1.54) is 0 Å². The van der Waals surface area contributed by atoms with Crippen molar-refractivity contribution in [2.45, 2.75) is 25.8 Å². The van der Waals surface area contributed by atoms with Crippen LogP contribution < -0.4 is 5.32 Å². The number of rotatable bonds is 10. The summed E-state index contributed by atoms with van der Waals surface area (Å²) < 4.78 is 5.13. The third-order valence-electron chi connectivity index (χ3n) is 1.82. The number of aliphatic hydroxyl groups is 1. The van der Waals surface area contributed by atoms with Gasteiger partial charge >= 0.3 is 0 Å². The summed E-state index contributed by atoms with van der Waals surface area (Å²) in [5.41, 5.74) is 0. The van der Waals surface area contributed by atoms with Crippen LogP contribution in [0.2, 0.25) is 0 Å². The highest BCUT2D eigenvalue weighted by Gasteiger charge is 2.06. The Bertz CT molecular complexity index is 114. The van der Waals surface area contributed by atoms with E-state index in [2.05, 4.69) is 12.2 Å². The molecule has 2 N–H and O–H groups in total. The van der Waals surface area contributed by atoms with Crippen molar-refractivity contribution in [2.75, 3.05) is 38.4 Å². The highest BCUT2D eigenvalue weighted by molar-refractivity contribution is 7.99. The molecule has 3 nitrogen and oxygen atoms in total. The lowest BCUT2D eigenvalue weighted by molar-refractivity contribution is 0.174. The van der Waals surface area contributed by atoms with Crippen LogP contribution in [0.5, 0.6) is 0 Å². The van der Waals surface area contributed by atoms with Gasteiger partial charge in [0.2, 0.25) is 0 Å². The van der Waals surface area contributed by atoms with Crippen molar-refractivity contribution >= 4 is 11.8 Å². The molecule has 0 fully saturated rings. The van der Waals surface area contributed by atoms with Gasteiger partial charge in [-0.1, -0.05) is 6.92 Å². The van der Waals surface area contributed by atoms with Crippen molar-refractivity contribution < 1.29 is 9.84 Å². The lowest BCUT2D eigenvalue weighted by Gasteiger charge is -2.16. The van der Waals surface area contributed by atoms with Crippen LogP contribution in [-0.4, -0.2) is 49.5 Å². The zero-order valence-corrected chi connectivity index (χ0v) is 10.1. The summed E-state index contributed by atoms with van der Waals surface area (Å²) in [6.07, 6.45) is 2.04. The number of aliphatic hydroxyl groups excluding tert-OH is 1. The molecule has 0 bridgehead atoms. The molecular formula is C10H23NO2S. The Labute approximate surface area is 91.6 Å². The maximum Gasteiger partial charge on any atom is 0.0623 e. The first-order valence-electron chi connectivity index (χ1n) is 5.26. The second-order valence-electron chi connectivity index (χ2n) is 3.26. The summed E-state index contributed by atoms with van der Waals surface area (Å²) in [5, 5.41) is 12.1. The topological polar surface area (TPSA) is 41.5 Å². The average Bonchev–Trinajstić information content (AvgIpc) is 2.20. The number of ether oxygens (including phenoxy) is 1. The summed E-state index contributed by atoms with van der Waals surface area (Å²) in [6.45, 7) is 4.28. The van der Waals surface area contributed by atoms with Crippen LogP contribution in [0.15, 0.2) is 0 Å². The predicted octanol–water partition coefficient (Wildman–Crippen LogP) is 1.12. The van der Waals surface area contributed by atoms with Crippen molar-refractivity contribution in [1.29, 1.82) is 0 Å². The highest BCUT2D eigenvalue weighted by atomic mass is 32.2. The molecule has 1 atom stereocenters. The maximum atomic E-state index is 8.62. The molecule has 86 valence electrons. The summed E-state index contributed by atoms with van der Waals surface area (Å²) in [5.74, 6) is 2.10. The van der Waals surface area contributed by atoms with Gasteiger partial charge in [-0.05, 0) is 25.1 Å². The Kier molecular flexibility index (Phi) is 11.5. The molecule has 0 saturated heterocycles. The molecule has 0 aromatic rings. The molecule has 0 amide bonds. The van der Waals surface area contributed by atoms with Gasteiger partial charge < -0.3 is 15.2 Å². The lowest BCUT2D eigenvalue weighted by atomic mass is 10.3. The van der Waals surface area contributed by atoms with E-state index in [0.717, 1.165) is 37.5 Å². The fourth-order valence-electron chi connectivity index (χ4n) is 1.11. The van der Waals surface area contributed by atoms with Crippen molar-refractivity contribution in [3.05, 3.63) is 0 Å². The van der Waals surface area contributed by atoms with Crippen molar-refractivity contribution in [2.24, 2.45) is 0 Å². The average molecular weight is 221 g/mol. The van der Waals surface area contributed by atoms with Gasteiger partial charge in [0.15, 0.2) is 0 Å². The van der Waals surface area contributed by atoms with Crippen LogP contribution >= 0.6 is 11.8 Å². The normalized spacial score (nSPS) is 13.1. The molecule has 0 radical (unpaired) electrons. The van der Waals surface area contributed by atoms with E-state index in [0.29, 0.717) is 12.6 Å². The Morgan fingerprint density at radius 1 is 1.50 bits per heavy atom.